The molecule has 1 aliphatic rings. The van der Waals surface area contributed by atoms with Gasteiger partial charge in [0.1, 0.15) is 0 Å². The number of rotatable bonds is 3. The second-order valence-electron chi connectivity index (χ2n) is 2.83. The van der Waals surface area contributed by atoms with Gasteiger partial charge in [0.25, 0.3) is 0 Å². The third-order valence-corrected chi connectivity index (χ3v) is 1.99. The minimum atomic E-state index is 0.285. The maximum atomic E-state index is 11.2. The van der Waals surface area contributed by atoms with E-state index in [0.29, 0.717) is 6.61 Å². The summed E-state index contributed by atoms with van der Waals surface area (Å²) in [5.74, 6) is 0.285. The van der Waals surface area contributed by atoms with Crippen LogP contribution >= 0.6 is 0 Å². The van der Waals surface area contributed by atoms with E-state index < -0.39 is 0 Å². The van der Waals surface area contributed by atoms with Crippen molar-refractivity contribution in [1.29, 1.82) is 0 Å². The van der Waals surface area contributed by atoms with Crippen molar-refractivity contribution in [1.82, 2.24) is 4.90 Å². The number of hydrogen-bond donors (Lipinski definition) is 0. The largest absolute Gasteiger partial charge is 0.383 e. The molecule has 1 fully saturated rings. The molecule has 1 aliphatic heterocycles. The SMILES string of the molecule is COCCN1CCCCC1=O. The van der Waals surface area contributed by atoms with Gasteiger partial charge in [0, 0.05) is 26.6 Å². The number of carbonyl (C=O) groups excluding carboxylic acids is 1. The zero-order chi connectivity index (χ0) is 8.10. The molecule has 11 heavy (non-hydrogen) atoms. The number of carbonyl (C=O) groups is 1. The first-order valence-corrected chi connectivity index (χ1v) is 4.11. The molecule has 1 rings (SSSR count). The summed E-state index contributed by atoms with van der Waals surface area (Å²) in [5.41, 5.74) is 0. The Morgan fingerprint density at radius 1 is 1.55 bits per heavy atom. The van der Waals surface area contributed by atoms with Crippen molar-refractivity contribution in [3.8, 4) is 0 Å². The maximum absolute atomic E-state index is 11.2. The van der Waals surface area contributed by atoms with Gasteiger partial charge in [0.15, 0.2) is 0 Å². The third kappa shape index (κ3) is 2.50. The van der Waals surface area contributed by atoms with Gasteiger partial charge in [-0.25, -0.2) is 0 Å². The monoisotopic (exact) mass is 157 g/mol. The molecule has 0 saturated carbocycles. The summed E-state index contributed by atoms with van der Waals surface area (Å²) < 4.78 is 4.90. The molecule has 0 aromatic rings. The molecule has 0 atom stereocenters. The van der Waals surface area contributed by atoms with E-state index in [1.54, 1.807) is 7.11 Å². The summed E-state index contributed by atoms with van der Waals surface area (Å²) in [6.07, 6.45) is 2.93. The van der Waals surface area contributed by atoms with Crippen LogP contribution in [0.1, 0.15) is 19.3 Å². The van der Waals surface area contributed by atoms with Crippen molar-refractivity contribution >= 4 is 5.91 Å². The minimum Gasteiger partial charge on any atom is -0.383 e. The van der Waals surface area contributed by atoms with Crippen LogP contribution in [0.5, 0.6) is 0 Å². The van der Waals surface area contributed by atoms with Crippen LogP contribution in [0.4, 0.5) is 0 Å². The molecular formula is C8H15NO2. The first kappa shape index (κ1) is 8.53. The van der Waals surface area contributed by atoms with E-state index in [-0.39, 0.29) is 5.91 Å². The van der Waals surface area contributed by atoms with E-state index in [1.807, 2.05) is 4.90 Å². The molecule has 0 aromatic heterocycles. The van der Waals surface area contributed by atoms with Gasteiger partial charge in [-0.2, -0.15) is 0 Å². The lowest BCUT2D eigenvalue weighted by molar-refractivity contribution is -0.133. The summed E-state index contributed by atoms with van der Waals surface area (Å²) in [7, 11) is 1.66. The Bertz CT molecular complexity index is 136. The Morgan fingerprint density at radius 2 is 2.36 bits per heavy atom. The molecule has 64 valence electrons. The quantitative estimate of drug-likeness (QED) is 0.602. The first-order chi connectivity index (χ1) is 5.34. The Balaban J connectivity index is 2.24. The Hall–Kier alpha value is -0.570. The van der Waals surface area contributed by atoms with Gasteiger partial charge >= 0.3 is 0 Å². The second kappa shape index (κ2) is 4.34. The normalized spacial score (nSPS) is 19.0. The molecule has 1 amide bonds. The van der Waals surface area contributed by atoms with Crippen molar-refractivity contribution in [3.63, 3.8) is 0 Å². The van der Waals surface area contributed by atoms with Crippen LogP contribution < -0.4 is 0 Å². The van der Waals surface area contributed by atoms with Gasteiger partial charge in [-0.1, -0.05) is 0 Å². The number of likely N-dealkylation sites (tertiary alicyclic amines) is 1. The lowest BCUT2D eigenvalue weighted by Gasteiger charge is -2.26. The number of ether oxygens (including phenoxy) is 1. The molecule has 1 saturated heterocycles. The molecule has 0 aliphatic carbocycles. The number of hydrogen-bond acceptors (Lipinski definition) is 2. The van der Waals surface area contributed by atoms with E-state index in [1.165, 1.54) is 0 Å². The zero-order valence-corrected chi connectivity index (χ0v) is 7.01. The van der Waals surface area contributed by atoms with E-state index in [9.17, 15) is 4.79 Å². The fourth-order valence-electron chi connectivity index (χ4n) is 1.30. The van der Waals surface area contributed by atoms with E-state index in [4.69, 9.17) is 4.74 Å². The van der Waals surface area contributed by atoms with E-state index in [2.05, 4.69) is 0 Å². The number of nitrogens with zero attached hydrogens (tertiary/aromatic N) is 1. The van der Waals surface area contributed by atoms with Crippen molar-refractivity contribution < 1.29 is 9.53 Å². The van der Waals surface area contributed by atoms with Gasteiger partial charge in [0.05, 0.1) is 6.61 Å². The van der Waals surface area contributed by atoms with Crippen LogP contribution in [-0.2, 0) is 9.53 Å². The fourth-order valence-corrected chi connectivity index (χ4v) is 1.30. The highest BCUT2D eigenvalue weighted by Crippen LogP contribution is 2.09. The summed E-state index contributed by atoms with van der Waals surface area (Å²) in [6.45, 7) is 2.34. The predicted molar refractivity (Wildman–Crippen MR) is 42.3 cm³/mol. The average molecular weight is 157 g/mol. The van der Waals surface area contributed by atoms with Crippen LogP contribution in [0, 0.1) is 0 Å². The molecule has 0 N–H and O–H groups in total. The highest BCUT2D eigenvalue weighted by Gasteiger charge is 2.16. The molecule has 3 heteroatoms. The van der Waals surface area contributed by atoms with Crippen molar-refractivity contribution in [2.24, 2.45) is 0 Å². The highest BCUT2D eigenvalue weighted by molar-refractivity contribution is 5.76. The van der Waals surface area contributed by atoms with Crippen molar-refractivity contribution in [2.75, 3.05) is 26.8 Å². The topological polar surface area (TPSA) is 29.5 Å². The first-order valence-electron chi connectivity index (χ1n) is 4.11. The fraction of sp³-hybridized carbons (Fsp3) is 0.875. The van der Waals surface area contributed by atoms with E-state index in [0.717, 1.165) is 32.4 Å². The van der Waals surface area contributed by atoms with Gasteiger partial charge in [-0.15, -0.1) is 0 Å². The number of methoxy groups -OCH3 is 1. The predicted octanol–water partition coefficient (Wildman–Crippen LogP) is 0.645. The van der Waals surface area contributed by atoms with Crippen LogP contribution in [0.25, 0.3) is 0 Å². The molecule has 0 spiro atoms. The Morgan fingerprint density at radius 3 is 3.00 bits per heavy atom. The molecule has 3 nitrogen and oxygen atoms in total. The van der Waals surface area contributed by atoms with E-state index >= 15 is 0 Å². The van der Waals surface area contributed by atoms with Crippen molar-refractivity contribution in [2.45, 2.75) is 19.3 Å². The lowest BCUT2D eigenvalue weighted by atomic mass is 10.1. The molecule has 1 heterocycles. The van der Waals surface area contributed by atoms with Gasteiger partial charge < -0.3 is 9.64 Å². The maximum Gasteiger partial charge on any atom is 0.222 e. The van der Waals surface area contributed by atoms with Crippen LogP contribution in [-0.4, -0.2) is 37.6 Å². The molecule has 0 bridgehead atoms. The van der Waals surface area contributed by atoms with Gasteiger partial charge in [-0.3, -0.25) is 4.79 Å². The van der Waals surface area contributed by atoms with Crippen LogP contribution in [0.15, 0.2) is 0 Å². The minimum absolute atomic E-state index is 0.285. The number of piperidine rings is 1. The van der Waals surface area contributed by atoms with Crippen LogP contribution in [0.2, 0.25) is 0 Å². The summed E-state index contributed by atoms with van der Waals surface area (Å²) in [5, 5.41) is 0. The van der Waals surface area contributed by atoms with Crippen LogP contribution in [0.3, 0.4) is 0 Å². The highest BCUT2D eigenvalue weighted by atomic mass is 16.5. The third-order valence-electron chi connectivity index (χ3n) is 1.99. The second-order valence-corrected chi connectivity index (χ2v) is 2.83. The summed E-state index contributed by atoms with van der Waals surface area (Å²) in [6, 6.07) is 0. The summed E-state index contributed by atoms with van der Waals surface area (Å²) in [4.78, 5) is 13.1. The molecule has 0 aromatic carbocycles. The Kier molecular flexibility index (Phi) is 3.36. The van der Waals surface area contributed by atoms with Gasteiger partial charge in [0.2, 0.25) is 5.91 Å². The molecule has 0 radical (unpaired) electrons. The average Bonchev–Trinajstić information content (AvgIpc) is 2.03. The Labute approximate surface area is 67.3 Å². The zero-order valence-electron chi connectivity index (χ0n) is 7.01. The molecular weight excluding hydrogens is 142 g/mol. The molecule has 0 unspecified atom stereocenters. The number of amides is 1. The lowest BCUT2D eigenvalue weighted by Crippen LogP contribution is -2.37. The van der Waals surface area contributed by atoms with Gasteiger partial charge in [-0.05, 0) is 12.8 Å². The smallest absolute Gasteiger partial charge is 0.222 e. The standard InChI is InChI=1S/C8H15NO2/c1-11-7-6-9-5-3-2-4-8(9)10/h2-7H2,1H3. The summed E-state index contributed by atoms with van der Waals surface area (Å²) >= 11 is 0. The van der Waals surface area contributed by atoms with Crippen molar-refractivity contribution in [3.05, 3.63) is 0 Å².